The van der Waals surface area contributed by atoms with Gasteiger partial charge >= 0.3 is 0 Å². The Bertz CT molecular complexity index is 1130. The number of benzene rings is 1. The van der Waals surface area contributed by atoms with Crippen LogP contribution in [0.2, 0.25) is 5.02 Å². The van der Waals surface area contributed by atoms with Gasteiger partial charge in [-0.3, -0.25) is 9.59 Å². The predicted molar refractivity (Wildman–Crippen MR) is 122 cm³/mol. The lowest BCUT2D eigenvalue weighted by Crippen LogP contribution is -2.34. The highest BCUT2D eigenvalue weighted by molar-refractivity contribution is 6.31. The van der Waals surface area contributed by atoms with Crippen molar-refractivity contribution < 1.29 is 14.0 Å². The molecule has 7 nitrogen and oxygen atoms in total. The third-order valence-corrected chi connectivity index (χ3v) is 6.02. The van der Waals surface area contributed by atoms with E-state index in [4.69, 9.17) is 11.6 Å². The van der Waals surface area contributed by atoms with Crippen LogP contribution in [0, 0.1) is 11.7 Å². The third kappa shape index (κ3) is 4.50. The summed E-state index contributed by atoms with van der Waals surface area (Å²) in [6, 6.07) is 6.00. The van der Waals surface area contributed by atoms with Gasteiger partial charge in [-0.15, -0.1) is 0 Å². The van der Waals surface area contributed by atoms with E-state index in [9.17, 15) is 14.0 Å². The molecule has 1 N–H and O–H groups in total. The Morgan fingerprint density at radius 2 is 2.06 bits per heavy atom. The molecule has 1 aliphatic heterocycles. The van der Waals surface area contributed by atoms with E-state index < -0.39 is 11.7 Å². The molecular formula is C23H25ClFN5O2. The van der Waals surface area contributed by atoms with Crippen molar-refractivity contribution in [2.75, 3.05) is 5.32 Å². The van der Waals surface area contributed by atoms with Gasteiger partial charge in [-0.05, 0) is 31.4 Å². The summed E-state index contributed by atoms with van der Waals surface area (Å²) in [6.45, 7) is 5.96. The summed E-state index contributed by atoms with van der Waals surface area (Å²) in [7, 11) is 0. The predicted octanol–water partition coefficient (Wildman–Crippen LogP) is 4.53. The third-order valence-electron chi connectivity index (χ3n) is 5.66. The second-order valence-corrected chi connectivity index (χ2v) is 9.56. The second kappa shape index (κ2) is 8.58. The van der Waals surface area contributed by atoms with Crippen LogP contribution in [0.25, 0.3) is 0 Å². The molecule has 168 valence electrons. The Morgan fingerprint density at radius 3 is 2.78 bits per heavy atom. The summed E-state index contributed by atoms with van der Waals surface area (Å²) in [4.78, 5) is 34.1. The molecule has 0 bridgehead atoms. The van der Waals surface area contributed by atoms with Crippen molar-refractivity contribution in [3.8, 4) is 0 Å². The van der Waals surface area contributed by atoms with Crippen LogP contribution < -0.4 is 5.32 Å². The number of rotatable bonds is 3. The quantitative estimate of drug-likeness (QED) is 0.734. The smallest absolute Gasteiger partial charge is 0.257 e. The first-order valence-electron chi connectivity index (χ1n) is 10.7. The van der Waals surface area contributed by atoms with Gasteiger partial charge in [-0.1, -0.05) is 44.9 Å². The Balaban J connectivity index is 1.67. The molecule has 9 heteroatoms. The molecule has 1 atom stereocenters. The van der Waals surface area contributed by atoms with E-state index >= 15 is 0 Å². The first kappa shape index (κ1) is 22.3. The second-order valence-electron chi connectivity index (χ2n) is 9.15. The maximum absolute atomic E-state index is 14.1. The first-order valence-corrected chi connectivity index (χ1v) is 11.0. The molecule has 1 unspecified atom stereocenters. The largest absolute Gasteiger partial charge is 0.310 e. The number of carbonyl (C=O) groups excluding carboxylic acids is 2. The Labute approximate surface area is 190 Å². The van der Waals surface area contributed by atoms with Crippen LogP contribution in [-0.4, -0.2) is 33.3 Å². The molecule has 32 heavy (non-hydrogen) atoms. The number of anilines is 1. The van der Waals surface area contributed by atoms with Gasteiger partial charge < -0.3 is 5.32 Å². The zero-order chi connectivity index (χ0) is 23.0. The fourth-order valence-electron chi connectivity index (χ4n) is 3.86. The summed E-state index contributed by atoms with van der Waals surface area (Å²) in [5.74, 6) is -1.05. The summed E-state index contributed by atoms with van der Waals surface area (Å²) in [5, 5.41) is 7.53. The molecule has 1 aromatic heterocycles. The Kier molecular flexibility index (Phi) is 5.99. The summed E-state index contributed by atoms with van der Waals surface area (Å²) < 4.78 is 15.5. The van der Waals surface area contributed by atoms with Crippen molar-refractivity contribution >= 4 is 40.9 Å². The van der Waals surface area contributed by atoms with E-state index in [2.05, 4.69) is 20.4 Å². The molecule has 4 rings (SSSR count). The topological polar surface area (TPSA) is 88.7 Å². The zero-order valence-electron chi connectivity index (χ0n) is 18.3. The van der Waals surface area contributed by atoms with Gasteiger partial charge in [0.2, 0.25) is 5.91 Å². The summed E-state index contributed by atoms with van der Waals surface area (Å²) in [6.07, 6.45) is 3.22. The van der Waals surface area contributed by atoms with E-state index in [1.54, 1.807) is 6.07 Å². The average Bonchev–Trinajstić information content (AvgIpc) is 3.15. The first-order chi connectivity index (χ1) is 15.1. The molecule has 2 heterocycles. The van der Waals surface area contributed by atoms with Crippen LogP contribution in [0.3, 0.4) is 0 Å². The Morgan fingerprint density at radius 1 is 1.28 bits per heavy atom. The van der Waals surface area contributed by atoms with Crippen molar-refractivity contribution in [1.29, 1.82) is 0 Å². The lowest BCUT2D eigenvalue weighted by Gasteiger charge is -2.24. The minimum Gasteiger partial charge on any atom is -0.310 e. The van der Waals surface area contributed by atoms with Gasteiger partial charge in [-0.25, -0.2) is 9.38 Å². The van der Waals surface area contributed by atoms with Gasteiger partial charge in [0.1, 0.15) is 11.6 Å². The number of aromatic nitrogens is 2. The molecule has 0 saturated heterocycles. The number of hydrogen-bond acceptors (Lipinski definition) is 4. The average molecular weight is 458 g/mol. The number of aliphatic imine (C=N–C) groups is 2. The number of hydrogen-bond donors (Lipinski definition) is 1. The molecule has 1 aliphatic carbocycles. The molecule has 0 spiro atoms. The number of nitrogens with one attached hydrogen (secondary N) is 1. The number of nitrogens with zero attached hydrogens (tertiary/aromatic N) is 4. The van der Waals surface area contributed by atoms with Crippen LogP contribution in [0.1, 0.15) is 57.7 Å². The van der Waals surface area contributed by atoms with Crippen LogP contribution in [0.5, 0.6) is 0 Å². The maximum atomic E-state index is 14.1. The van der Waals surface area contributed by atoms with Gasteiger partial charge in [0.05, 0.1) is 18.0 Å². The number of fused-ring (bicyclic) bond motifs is 1. The molecule has 1 fully saturated rings. The maximum Gasteiger partial charge on any atom is 0.257 e. The number of amides is 2. The standard InChI is InChI=1S/C23H25ClFN5O2/c1-23(2,3)18-12-19(27-20(31)11-14-15(24)8-6-9-16(14)25)30(29-18)22-26-17-10-5-4-7-13(17)21(32)28-22/h6,8-9,12-13H,4-5,7,10-11H2,1-3H3,(H,27,31). The fraction of sp³-hybridized carbons (Fsp3) is 0.435. The fourth-order valence-corrected chi connectivity index (χ4v) is 4.09. The van der Waals surface area contributed by atoms with Crippen molar-refractivity contribution in [2.24, 2.45) is 15.9 Å². The molecule has 1 aromatic carbocycles. The monoisotopic (exact) mass is 457 g/mol. The van der Waals surface area contributed by atoms with Crippen molar-refractivity contribution in [3.05, 3.63) is 46.4 Å². The van der Waals surface area contributed by atoms with E-state index in [0.29, 0.717) is 11.5 Å². The van der Waals surface area contributed by atoms with Crippen molar-refractivity contribution in [1.82, 2.24) is 9.78 Å². The highest BCUT2D eigenvalue weighted by atomic mass is 35.5. The Hall–Kier alpha value is -2.87. The lowest BCUT2D eigenvalue weighted by molar-refractivity contribution is -0.120. The van der Waals surface area contributed by atoms with Gasteiger partial charge in [0, 0.05) is 27.8 Å². The number of halogens is 2. The molecular weight excluding hydrogens is 433 g/mol. The van der Waals surface area contributed by atoms with Crippen LogP contribution in [-0.2, 0) is 21.4 Å². The molecule has 2 aliphatic rings. The van der Waals surface area contributed by atoms with Gasteiger partial charge in [0.15, 0.2) is 0 Å². The molecule has 0 radical (unpaired) electrons. The molecule has 2 amide bonds. The van der Waals surface area contributed by atoms with E-state index in [-0.39, 0.29) is 40.2 Å². The van der Waals surface area contributed by atoms with Crippen LogP contribution in [0.4, 0.5) is 10.2 Å². The summed E-state index contributed by atoms with van der Waals surface area (Å²) in [5.41, 5.74) is 1.30. The molecule has 2 aromatic rings. The van der Waals surface area contributed by atoms with Crippen LogP contribution >= 0.6 is 11.6 Å². The van der Waals surface area contributed by atoms with Crippen molar-refractivity contribution in [3.63, 3.8) is 0 Å². The lowest BCUT2D eigenvalue weighted by atomic mass is 9.86. The minimum atomic E-state index is -0.548. The van der Waals surface area contributed by atoms with E-state index in [0.717, 1.165) is 31.4 Å². The zero-order valence-corrected chi connectivity index (χ0v) is 19.0. The highest BCUT2D eigenvalue weighted by Crippen LogP contribution is 2.29. The molecule has 1 saturated carbocycles. The SMILES string of the molecule is CC(C)(C)c1cc(NC(=O)Cc2c(F)cccc2Cl)n(C2=NC(=O)C3CCCCC3=N2)n1. The van der Waals surface area contributed by atoms with Crippen LogP contribution in [0.15, 0.2) is 34.3 Å². The van der Waals surface area contributed by atoms with E-state index in [1.165, 1.54) is 22.9 Å². The normalized spacial score (nSPS) is 18.7. The number of carbonyl (C=O) groups is 2. The van der Waals surface area contributed by atoms with Gasteiger partial charge in [0.25, 0.3) is 11.9 Å². The van der Waals surface area contributed by atoms with Crippen molar-refractivity contribution in [2.45, 2.75) is 58.3 Å². The summed E-state index contributed by atoms with van der Waals surface area (Å²) >= 11 is 6.06. The van der Waals surface area contributed by atoms with Gasteiger partial charge in [-0.2, -0.15) is 14.8 Å². The minimum absolute atomic E-state index is 0.115. The highest BCUT2D eigenvalue weighted by Gasteiger charge is 2.33. The van der Waals surface area contributed by atoms with E-state index in [1.807, 2.05) is 20.8 Å².